The molecule has 0 bridgehead atoms. The number of H-pyrrole nitrogens is 1. The molecule has 0 aliphatic rings. The second-order valence-corrected chi connectivity index (χ2v) is 7.37. The van der Waals surface area contributed by atoms with Crippen molar-refractivity contribution in [2.75, 3.05) is 13.7 Å². The van der Waals surface area contributed by atoms with E-state index in [1.807, 2.05) is 18.2 Å². The van der Waals surface area contributed by atoms with Gasteiger partial charge in [0.15, 0.2) is 0 Å². The Kier molecular flexibility index (Phi) is 6.18. The number of pyridine rings is 1. The summed E-state index contributed by atoms with van der Waals surface area (Å²) in [7, 11) is 1.55. The molecule has 7 nitrogen and oxygen atoms in total. The fourth-order valence-corrected chi connectivity index (χ4v) is 3.75. The number of benzene rings is 2. The van der Waals surface area contributed by atoms with Gasteiger partial charge in [0.05, 0.1) is 46.4 Å². The maximum atomic E-state index is 11.9. The molecule has 0 spiro atoms. The number of hydrogen-bond donors (Lipinski definition) is 1. The van der Waals surface area contributed by atoms with Crippen LogP contribution in [0.25, 0.3) is 21.8 Å². The standard InChI is InChI=1S/C22H18Cl2N2O5/c1-3-29-22(27)31-21-13(11-28-2)19-16(10-25-21)26-15-5-4-6-18(20(15)19)30-17-8-7-12(23)9-14(17)24/h4-10,26H,3,11H2,1-2H3. The van der Waals surface area contributed by atoms with Gasteiger partial charge < -0.3 is 23.9 Å². The molecule has 2 aromatic carbocycles. The number of ether oxygens (including phenoxy) is 4. The Bertz CT molecular complexity index is 1270. The van der Waals surface area contributed by atoms with Gasteiger partial charge in [-0.05, 0) is 37.3 Å². The van der Waals surface area contributed by atoms with Crippen LogP contribution in [0.4, 0.5) is 4.79 Å². The summed E-state index contributed by atoms with van der Waals surface area (Å²) < 4.78 is 21.7. The van der Waals surface area contributed by atoms with Gasteiger partial charge >= 0.3 is 6.16 Å². The number of nitrogens with zero attached hydrogens (tertiary/aromatic N) is 1. The van der Waals surface area contributed by atoms with E-state index in [0.29, 0.717) is 27.1 Å². The summed E-state index contributed by atoms with van der Waals surface area (Å²) in [4.78, 5) is 19.5. The molecule has 0 saturated carbocycles. The van der Waals surface area contributed by atoms with Crippen LogP contribution in [0.1, 0.15) is 12.5 Å². The Balaban J connectivity index is 1.90. The minimum Gasteiger partial charge on any atom is -0.455 e. The van der Waals surface area contributed by atoms with Crippen molar-refractivity contribution in [2.45, 2.75) is 13.5 Å². The number of rotatable bonds is 6. The third kappa shape index (κ3) is 4.25. The first kappa shape index (κ1) is 21.2. The lowest BCUT2D eigenvalue weighted by Crippen LogP contribution is -2.12. The highest BCUT2D eigenvalue weighted by Gasteiger charge is 2.21. The molecule has 31 heavy (non-hydrogen) atoms. The van der Waals surface area contributed by atoms with E-state index in [2.05, 4.69) is 9.97 Å². The normalized spacial score (nSPS) is 11.1. The summed E-state index contributed by atoms with van der Waals surface area (Å²) in [5, 5.41) is 2.42. The maximum Gasteiger partial charge on any atom is 0.515 e. The van der Waals surface area contributed by atoms with Crippen molar-refractivity contribution in [1.82, 2.24) is 9.97 Å². The van der Waals surface area contributed by atoms with Crippen molar-refractivity contribution in [3.05, 3.63) is 58.2 Å². The number of nitrogens with one attached hydrogen (secondary N) is 1. The molecule has 0 radical (unpaired) electrons. The van der Waals surface area contributed by atoms with E-state index < -0.39 is 6.16 Å². The average molecular weight is 461 g/mol. The van der Waals surface area contributed by atoms with E-state index in [4.69, 9.17) is 42.1 Å². The molecule has 4 rings (SSSR count). The molecule has 0 amide bonds. The average Bonchev–Trinajstić information content (AvgIpc) is 3.12. The summed E-state index contributed by atoms with van der Waals surface area (Å²) in [5.74, 6) is 1.12. The van der Waals surface area contributed by atoms with Crippen molar-refractivity contribution in [3.63, 3.8) is 0 Å². The van der Waals surface area contributed by atoms with E-state index in [9.17, 15) is 4.79 Å². The van der Waals surface area contributed by atoms with E-state index in [1.54, 1.807) is 38.4 Å². The first-order chi connectivity index (χ1) is 15.0. The molecule has 0 saturated heterocycles. The predicted molar refractivity (Wildman–Crippen MR) is 118 cm³/mol. The van der Waals surface area contributed by atoms with E-state index in [1.165, 1.54) is 0 Å². The third-order valence-corrected chi connectivity index (χ3v) is 5.06. The summed E-state index contributed by atoms with van der Waals surface area (Å²) in [5.41, 5.74) is 2.12. The van der Waals surface area contributed by atoms with Crippen molar-refractivity contribution in [1.29, 1.82) is 0 Å². The summed E-state index contributed by atoms with van der Waals surface area (Å²) in [6.07, 6.45) is 0.748. The zero-order chi connectivity index (χ0) is 22.0. The maximum absolute atomic E-state index is 11.9. The van der Waals surface area contributed by atoms with Gasteiger partial charge in [0, 0.05) is 17.5 Å². The lowest BCUT2D eigenvalue weighted by molar-refractivity contribution is 0.101. The molecule has 0 aliphatic heterocycles. The molecular formula is C22H18Cl2N2O5. The molecule has 4 aromatic rings. The van der Waals surface area contributed by atoms with Crippen LogP contribution in [-0.4, -0.2) is 29.8 Å². The monoisotopic (exact) mass is 460 g/mol. The van der Waals surface area contributed by atoms with Crippen molar-refractivity contribution in [2.24, 2.45) is 0 Å². The van der Waals surface area contributed by atoms with E-state index >= 15 is 0 Å². The fraction of sp³-hybridized carbons (Fsp3) is 0.182. The largest absolute Gasteiger partial charge is 0.515 e. The number of carbonyl (C=O) groups excluding carboxylic acids is 1. The topological polar surface area (TPSA) is 82.7 Å². The lowest BCUT2D eigenvalue weighted by atomic mass is 10.1. The second-order valence-electron chi connectivity index (χ2n) is 6.53. The van der Waals surface area contributed by atoms with Crippen LogP contribution < -0.4 is 9.47 Å². The van der Waals surface area contributed by atoms with E-state index in [0.717, 1.165) is 21.8 Å². The van der Waals surface area contributed by atoms with Crippen LogP contribution in [0.15, 0.2) is 42.6 Å². The Morgan fingerprint density at radius 3 is 2.68 bits per heavy atom. The smallest absolute Gasteiger partial charge is 0.455 e. The molecule has 0 atom stereocenters. The van der Waals surface area contributed by atoms with Crippen LogP contribution in [0.2, 0.25) is 10.0 Å². The van der Waals surface area contributed by atoms with Gasteiger partial charge in [0.1, 0.15) is 11.5 Å². The summed E-state index contributed by atoms with van der Waals surface area (Å²) in [6, 6.07) is 10.6. The van der Waals surface area contributed by atoms with E-state index in [-0.39, 0.29) is 19.1 Å². The highest BCUT2D eigenvalue weighted by molar-refractivity contribution is 6.35. The molecule has 1 N–H and O–H groups in total. The molecular weight excluding hydrogens is 443 g/mol. The molecule has 9 heteroatoms. The zero-order valence-corrected chi connectivity index (χ0v) is 18.2. The summed E-state index contributed by atoms with van der Waals surface area (Å²) in [6.45, 7) is 2.04. The van der Waals surface area contributed by atoms with Gasteiger partial charge in [0.25, 0.3) is 0 Å². The molecule has 160 valence electrons. The van der Waals surface area contributed by atoms with Crippen molar-refractivity contribution in [3.8, 4) is 17.4 Å². The van der Waals surface area contributed by atoms with Gasteiger partial charge in [-0.3, -0.25) is 0 Å². The zero-order valence-electron chi connectivity index (χ0n) is 16.7. The number of carbonyl (C=O) groups is 1. The third-order valence-electron chi connectivity index (χ3n) is 4.53. The van der Waals surface area contributed by atoms with Crippen molar-refractivity contribution >= 4 is 51.2 Å². The first-order valence-electron chi connectivity index (χ1n) is 9.40. The van der Waals surface area contributed by atoms with Gasteiger partial charge in [-0.1, -0.05) is 29.3 Å². The minimum atomic E-state index is -0.837. The highest BCUT2D eigenvalue weighted by Crippen LogP contribution is 2.41. The number of fused-ring (bicyclic) bond motifs is 3. The quantitative estimate of drug-likeness (QED) is 0.330. The summed E-state index contributed by atoms with van der Waals surface area (Å²) >= 11 is 12.3. The first-order valence-corrected chi connectivity index (χ1v) is 10.2. The van der Waals surface area contributed by atoms with Crippen LogP contribution in [0.5, 0.6) is 17.4 Å². The minimum absolute atomic E-state index is 0.105. The number of hydrogen-bond acceptors (Lipinski definition) is 6. The number of halogens is 2. The highest BCUT2D eigenvalue weighted by atomic mass is 35.5. The number of aromatic amines is 1. The number of aromatic nitrogens is 2. The molecule has 0 aliphatic carbocycles. The van der Waals surface area contributed by atoms with Crippen LogP contribution in [0.3, 0.4) is 0 Å². The SMILES string of the molecule is CCOC(=O)Oc1ncc2[nH]c3cccc(Oc4ccc(Cl)cc4Cl)c3c2c1COC. The molecule has 2 heterocycles. The predicted octanol–water partition coefficient (Wildman–Crippen LogP) is 6.50. The van der Waals surface area contributed by atoms with Crippen molar-refractivity contribution < 1.29 is 23.7 Å². The lowest BCUT2D eigenvalue weighted by Gasteiger charge is -2.12. The van der Waals surface area contributed by atoms with Crippen LogP contribution in [0, 0.1) is 0 Å². The molecule has 0 fully saturated rings. The van der Waals surface area contributed by atoms with Crippen LogP contribution in [-0.2, 0) is 16.1 Å². The Labute approximate surface area is 187 Å². The van der Waals surface area contributed by atoms with Crippen LogP contribution >= 0.6 is 23.2 Å². The number of methoxy groups -OCH3 is 1. The van der Waals surface area contributed by atoms with Gasteiger partial charge in [0.2, 0.25) is 5.88 Å². The molecule has 0 unspecified atom stereocenters. The van der Waals surface area contributed by atoms with Gasteiger partial charge in [-0.25, -0.2) is 9.78 Å². The van der Waals surface area contributed by atoms with Gasteiger partial charge in [-0.15, -0.1) is 0 Å². The Hall–Kier alpha value is -3.00. The molecule has 2 aromatic heterocycles. The fourth-order valence-electron chi connectivity index (χ4n) is 3.31. The van der Waals surface area contributed by atoms with Gasteiger partial charge in [-0.2, -0.15) is 0 Å². The second kappa shape index (κ2) is 9.01. The Morgan fingerprint density at radius 2 is 1.94 bits per heavy atom. The Morgan fingerprint density at radius 1 is 1.10 bits per heavy atom.